The molecule has 5 rings (SSSR count). The molecule has 0 amide bonds. The zero-order valence-electron chi connectivity index (χ0n) is 29.3. The minimum absolute atomic E-state index is 0. The van der Waals surface area contributed by atoms with Gasteiger partial charge in [0.2, 0.25) is 0 Å². The standard InChI is InChI=1S/C30H44OSi.C6H18NSi2.Y/c1-20(2)24-17-14-21(3)18-29(24)31-22-15-16-23(19-22)32(4,5)30-27-12-8-6-10-25(27)26-11-7-9-13-28(26)30;1-8(2,3)7-9(4,5)6;/h15-16,19-21,24,29H,6-14,17-18H2,1-5H3;1-6H3;/q;-1;+3/t21-,24+,29-;;/m1../s1. The summed E-state index contributed by atoms with van der Waals surface area (Å²) >= 11 is 0. The van der Waals surface area contributed by atoms with Gasteiger partial charge in [-0.3, -0.25) is 0 Å². The van der Waals surface area contributed by atoms with Gasteiger partial charge in [-0.05, 0) is 97.5 Å². The fourth-order valence-corrected chi connectivity index (χ4v) is 19.8. The van der Waals surface area contributed by atoms with Crippen molar-refractivity contribution in [3.05, 3.63) is 64.8 Å². The predicted molar refractivity (Wildman–Crippen MR) is 186 cm³/mol. The molecule has 3 atom stereocenters. The monoisotopic (exact) mass is 697 g/mol. The Balaban J connectivity index is 0.000000423. The molecule has 5 aliphatic rings. The van der Waals surface area contributed by atoms with Crippen LogP contribution < -0.4 is 0 Å². The Morgan fingerprint density at radius 2 is 1.24 bits per heavy atom. The van der Waals surface area contributed by atoms with Gasteiger partial charge in [0.25, 0.3) is 0 Å². The molecule has 0 aromatic heterocycles. The normalized spacial score (nSPS) is 30.1. The van der Waals surface area contributed by atoms with Crippen molar-refractivity contribution in [2.45, 2.75) is 150 Å². The Hall–Kier alpha value is 1.67. The summed E-state index contributed by atoms with van der Waals surface area (Å²) in [5.41, 5.74) is 3.43. The average Bonchev–Trinajstić information content (AvgIpc) is 3.45. The number of hydrogen-bond acceptors (Lipinski definition) is 1. The molecule has 0 aromatic rings. The molecule has 0 spiro atoms. The summed E-state index contributed by atoms with van der Waals surface area (Å²) in [4.78, 5) is 0. The van der Waals surface area contributed by atoms with Crippen molar-refractivity contribution in [3.8, 4) is 0 Å². The topological polar surface area (TPSA) is 23.3 Å². The van der Waals surface area contributed by atoms with Crippen LogP contribution in [-0.4, -0.2) is 30.6 Å². The SMILES string of the molecule is CC(C)[C@@H]1CC[C@@H](C)C[C@H]1O[C]1[CH][CH][C]([Si](C)(C)[C]2[C]3CCCC[C]3[C]3CCCC[C]32)[CH]1.C[Si](C)(C)[N-][Si](C)(C)C.[Y+3]. The van der Waals surface area contributed by atoms with Gasteiger partial charge in [0, 0.05) is 12.8 Å². The van der Waals surface area contributed by atoms with Crippen molar-refractivity contribution in [1.82, 2.24) is 0 Å². The molecule has 2 nitrogen and oxygen atoms in total. The Morgan fingerprint density at radius 3 is 1.69 bits per heavy atom. The second-order valence-corrected chi connectivity index (χ2v) is 30.5. The van der Waals surface area contributed by atoms with Crippen LogP contribution in [0.4, 0.5) is 0 Å². The van der Waals surface area contributed by atoms with Gasteiger partial charge in [-0.25, -0.2) is 0 Å². The van der Waals surface area contributed by atoms with Gasteiger partial charge in [0.1, 0.15) is 6.10 Å². The summed E-state index contributed by atoms with van der Waals surface area (Å²) in [6.07, 6.45) is 23.5. The van der Waals surface area contributed by atoms with Gasteiger partial charge < -0.3 is 9.38 Å². The van der Waals surface area contributed by atoms with Crippen molar-refractivity contribution in [3.63, 3.8) is 0 Å². The van der Waals surface area contributed by atoms with Gasteiger partial charge in [-0.15, -0.1) is 0 Å². The zero-order valence-corrected chi connectivity index (χ0v) is 35.1. The van der Waals surface area contributed by atoms with E-state index in [0.29, 0.717) is 17.9 Å². The predicted octanol–water partition coefficient (Wildman–Crippen LogP) is 11.0. The maximum Gasteiger partial charge on any atom is 3.00 e. The molecule has 5 fully saturated rings. The number of hydrogen-bond donors (Lipinski definition) is 0. The van der Waals surface area contributed by atoms with Crippen LogP contribution in [0.5, 0.6) is 0 Å². The van der Waals surface area contributed by atoms with Gasteiger partial charge in [-0.1, -0.05) is 122 Å². The smallest absolute Gasteiger partial charge is 0.668 e. The van der Waals surface area contributed by atoms with E-state index in [2.05, 4.69) is 92.4 Å². The molecule has 5 aliphatic carbocycles. The maximum atomic E-state index is 6.74. The largest absolute Gasteiger partial charge is 3.00 e. The molecule has 10 radical (unpaired) electrons. The van der Waals surface area contributed by atoms with Crippen LogP contribution in [0.3, 0.4) is 0 Å². The van der Waals surface area contributed by atoms with E-state index in [4.69, 9.17) is 9.38 Å². The summed E-state index contributed by atoms with van der Waals surface area (Å²) in [5, 5.41) is 0. The summed E-state index contributed by atoms with van der Waals surface area (Å²) in [6, 6.07) is 0. The fourth-order valence-electron chi connectivity index (χ4n) is 8.42. The van der Waals surface area contributed by atoms with Gasteiger partial charge in [0.15, 0.2) is 0 Å². The van der Waals surface area contributed by atoms with Gasteiger partial charge in [-0.2, -0.15) is 0 Å². The molecule has 0 aliphatic heterocycles. The minimum Gasteiger partial charge on any atom is -0.668 e. The van der Waals surface area contributed by atoms with Crippen molar-refractivity contribution in [2.75, 3.05) is 0 Å². The Kier molecular flexibility index (Phi) is 14.3. The van der Waals surface area contributed by atoms with E-state index in [1.54, 1.807) is 29.2 Å². The molecule has 0 N–H and O–H groups in total. The Morgan fingerprint density at radius 1 is 0.738 bits per heavy atom. The number of nitrogens with zero attached hydrogens (tertiary/aromatic N) is 1. The zero-order chi connectivity index (χ0) is 30.2. The first-order valence-corrected chi connectivity index (χ1v) is 27.0. The number of ether oxygens (including phenoxy) is 1. The summed E-state index contributed by atoms with van der Waals surface area (Å²) in [6.45, 7) is 26.2. The summed E-state index contributed by atoms with van der Waals surface area (Å²) in [7, 11) is -3.95. The molecular formula is C36H62NOSi3Y+2. The van der Waals surface area contributed by atoms with Crippen LogP contribution >= 0.6 is 0 Å². The Bertz CT molecular complexity index is 789. The molecule has 230 valence electrons. The molecule has 0 heterocycles. The van der Waals surface area contributed by atoms with Gasteiger partial charge in [0.05, 0.1) is 14.2 Å². The van der Waals surface area contributed by atoms with E-state index < -0.39 is 24.5 Å². The molecular weight excluding hydrogens is 636 g/mol. The van der Waals surface area contributed by atoms with E-state index in [1.165, 1.54) is 70.6 Å². The van der Waals surface area contributed by atoms with Crippen LogP contribution in [-0.2, 0) is 37.4 Å². The molecule has 42 heavy (non-hydrogen) atoms. The summed E-state index contributed by atoms with van der Waals surface area (Å²) < 4.78 is 11.6. The van der Waals surface area contributed by atoms with Crippen molar-refractivity contribution < 1.29 is 37.4 Å². The van der Waals surface area contributed by atoms with E-state index in [1.807, 2.05) is 5.54 Å². The van der Waals surface area contributed by atoms with Crippen LogP contribution in [0, 0.1) is 77.9 Å². The second kappa shape index (κ2) is 15.7. The summed E-state index contributed by atoms with van der Waals surface area (Å²) in [5.74, 6) is 9.37. The number of fused-ring (bicyclic) bond motifs is 3. The molecule has 0 bridgehead atoms. The molecule has 0 unspecified atom stereocenters. The molecule has 5 saturated carbocycles. The molecule has 0 aromatic carbocycles. The Labute approximate surface area is 292 Å². The quantitative estimate of drug-likeness (QED) is 0.243. The van der Waals surface area contributed by atoms with Crippen LogP contribution in [0.1, 0.15) is 91.4 Å². The van der Waals surface area contributed by atoms with Crippen molar-refractivity contribution >= 4 is 24.5 Å². The van der Waals surface area contributed by atoms with E-state index in [-0.39, 0.29) is 32.7 Å². The third kappa shape index (κ3) is 9.85. The third-order valence-electron chi connectivity index (χ3n) is 9.89. The first-order chi connectivity index (χ1) is 19.1. The average molecular weight is 698 g/mol. The van der Waals surface area contributed by atoms with Crippen LogP contribution in [0.2, 0.25) is 52.4 Å². The minimum atomic E-state index is -1.74. The first kappa shape index (κ1) is 38.1. The van der Waals surface area contributed by atoms with Crippen molar-refractivity contribution in [2.24, 2.45) is 17.8 Å². The fraction of sp³-hybridized carbons (Fsp3) is 0.722. The van der Waals surface area contributed by atoms with E-state index in [0.717, 1.165) is 12.0 Å². The second-order valence-electron chi connectivity index (χ2n) is 16.6. The van der Waals surface area contributed by atoms with Crippen LogP contribution in [0.25, 0.3) is 4.65 Å². The van der Waals surface area contributed by atoms with Crippen molar-refractivity contribution in [1.29, 1.82) is 0 Å². The third-order valence-corrected chi connectivity index (χ3v) is 18.9. The van der Waals surface area contributed by atoms with Gasteiger partial charge >= 0.3 is 32.7 Å². The van der Waals surface area contributed by atoms with E-state index >= 15 is 0 Å². The molecule has 0 saturated heterocycles. The van der Waals surface area contributed by atoms with E-state index in [9.17, 15) is 0 Å². The maximum absolute atomic E-state index is 6.74. The molecule has 6 heteroatoms. The number of rotatable bonds is 7. The first-order valence-electron chi connectivity index (χ1n) is 17.1. The van der Waals surface area contributed by atoms with Crippen LogP contribution in [0.15, 0.2) is 0 Å².